The number of halogens is 2. The topological polar surface area (TPSA) is 50.7 Å². The van der Waals surface area contributed by atoms with E-state index in [0.29, 0.717) is 21.5 Å². The van der Waals surface area contributed by atoms with Crippen LogP contribution in [0.2, 0.25) is 10.0 Å². The van der Waals surface area contributed by atoms with Crippen LogP contribution in [0.1, 0.15) is 12.5 Å². The second-order valence-corrected chi connectivity index (χ2v) is 5.30. The largest absolute Gasteiger partial charge is 0.484 e. The van der Waals surface area contributed by atoms with Crippen molar-refractivity contribution in [1.82, 2.24) is 5.43 Å². The average Bonchev–Trinajstić information content (AvgIpc) is 2.52. The van der Waals surface area contributed by atoms with E-state index in [9.17, 15) is 4.79 Å². The van der Waals surface area contributed by atoms with Crippen molar-refractivity contribution < 1.29 is 9.53 Å². The van der Waals surface area contributed by atoms with Crippen LogP contribution in [0.25, 0.3) is 0 Å². The summed E-state index contributed by atoms with van der Waals surface area (Å²) in [6.45, 7) is 1.63. The van der Waals surface area contributed by atoms with E-state index in [0.717, 1.165) is 5.56 Å². The molecule has 1 N–H and O–H groups in total. The fraction of sp³-hybridized carbons (Fsp3) is 0.125. The molecule has 2 aromatic carbocycles. The second-order valence-electron chi connectivity index (χ2n) is 4.45. The third kappa shape index (κ3) is 4.76. The van der Waals surface area contributed by atoms with Crippen LogP contribution in [0.15, 0.2) is 53.6 Å². The smallest absolute Gasteiger partial charge is 0.277 e. The quantitative estimate of drug-likeness (QED) is 0.664. The fourth-order valence-electron chi connectivity index (χ4n) is 1.67. The van der Waals surface area contributed by atoms with Crippen molar-refractivity contribution >= 4 is 34.8 Å². The van der Waals surface area contributed by atoms with E-state index < -0.39 is 0 Å². The van der Waals surface area contributed by atoms with Crippen LogP contribution in [0.3, 0.4) is 0 Å². The van der Waals surface area contributed by atoms with Crippen molar-refractivity contribution in [3.05, 3.63) is 64.1 Å². The monoisotopic (exact) mass is 336 g/mol. The van der Waals surface area contributed by atoms with Gasteiger partial charge in [-0.25, -0.2) is 5.43 Å². The zero-order chi connectivity index (χ0) is 15.9. The van der Waals surface area contributed by atoms with Gasteiger partial charge in [-0.15, -0.1) is 0 Å². The number of carbonyl (C=O) groups is 1. The first-order chi connectivity index (χ1) is 10.6. The number of hydrogen-bond donors (Lipinski definition) is 1. The van der Waals surface area contributed by atoms with Crippen molar-refractivity contribution in [3.8, 4) is 5.75 Å². The maximum Gasteiger partial charge on any atom is 0.277 e. The molecule has 22 heavy (non-hydrogen) atoms. The van der Waals surface area contributed by atoms with Gasteiger partial charge in [0, 0.05) is 15.6 Å². The van der Waals surface area contributed by atoms with E-state index in [1.807, 2.05) is 18.2 Å². The summed E-state index contributed by atoms with van der Waals surface area (Å²) < 4.78 is 5.32. The first kappa shape index (κ1) is 16.3. The molecule has 0 atom stereocenters. The predicted octanol–water partition coefficient (Wildman–Crippen LogP) is 3.91. The number of benzene rings is 2. The van der Waals surface area contributed by atoms with E-state index >= 15 is 0 Å². The molecule has 0 radical (unpaired) electrons. The number of nitrogens with one attached hydrogen (secondary N) is 1. The lowest BCUT2D eigenvalue weighted by molar-refractivity contribution is -0.123. The van der Waals surface area contributed by atoms with Gasteiger partial charge in [-0.2, -0.15) is 5.10 Å². The molecule has 2 aromatic rings. The van der Waals surface area contributed by atoms with Crippen molar-refractivity contribution in [3.63, 3.8) is 0 Å². The number of ether oxygens (including phenoxy) is 1. The minimum Gasteiger partial charge on any atom is -0.484 e. The Kier molecular flexibility index (Phi) is 5.81. The third-order valence-corrected chi connectivity index (χ3v) is 3.38. The average molecular weight is 337 g/mol. The molecular weight excluding hydrogens is 323 g/mol. The lowest BCUT2D eigenvalue weighted by Gasteiger charge is -2.06. The van der Waals surface area contributed by atoms with Crippen LogP contribution in [0.5, 0.6) is 5.75 Å². The standard InChI is InChI=1S/C16H14Cl2N2O2/c1-11(14-4-2-3-5-15(14)18)19-20-16(21)10-22-13-8-6-12(17)7-9-13/h2-9H,10H2,1H3,(H,20,21)/b19-11+. The van der Waals surface area contributed by atoms with Gasteiger partial charge in [0.05, 0.1) is 5.71 Å². The Balaban J connectivity index is 1.88. The highest BCUT2D eigenvalue weighted by Gasteiger charge is 2.05. The Morgan fingerprint density at radius 2 is 1.82 bits per heavy atom. The van der Waals surface area contributed by atoms with E-state index in [1.54, 1.807) is 37.3 Å². The second kappa shape index (κ2) is 7.82. The molecule has 0 bridgehead atoms. The number of amides is 1. The van der Waals surface area contributed by atoms with E-state index in [2.05, 4.69) is 10.5 Å². The molecular formula is C16H14Cl2N2O2. The molecule has 0 fully saturated rings. The van der Waals surface area contributed by atoms with Crippen LogP contribution in [0.4, 0.5) is 0 Å². The maximum absolute atomic E-state index is 11.7. The van der Waals surface area contributed by atoms with Gasteiger partial charge in [-0.1, -0.05) is 41.4 Å². The number of carbonyl (C=O) groups excluding carboxylic acids is 1. The molecule has 0 saturated heterocycles. The van der Waals surface area contributed by atoms with Crippen LogP contribution in [-0.4, -0.2) is 18.2 Å². The van der Waals surface area contributed by atoms with Gasteiger partial charge in [0.2, 0.25) is 0 Å². The molecule has 0 unspecified atom stereocenters. The van der Waals surface area contributed by atoms with Crippen molar-refractivity contribution in [1.29, 1.82) is 0 Å². The van der Waals surface area contributed by atoms with Gasteiger partial charge in [0.25, 0.3) is 5.91 Å². The summed E-state index contributed by atoms with van der Waals surface area (Å²) in [5.74, 6) is 0.202. The zero-order valence-electron chi connectivity index (χ0n) is 11.8. The van der Waals surface area contributed by atoms with Gasteiger partial charge in [-0.3, -0.25) is 4.79 Å². The molecule has 0 heterocycles. The van der Waals surface area contributed by atoms with Gasteiger partial charge in [-0.05, 0) is 37.3 Å². The molecule has 114 valence electrons. The molecule has 2 rings (SSSR count). The van der Waals surface area contributed by atoms with Gasteiger partial charge in [0.15, 0.2) is 6.61 Å². The molecule has 6 heteroatoms. The lowest BCUT2D eigenvalue weighted by Crippen LogP contribution is -2.25. The molecule has 0 aliphatic carbocycles. The Bertz CT molecular complexity index is 685. The van der Waals surface area contributed by atoms with Gasteiger partial charge < -0.3 is 4.74 Å². The summed E-state index contributed by atoms with van der Waals surface area (Å²) in [6.07, 6.45) is 0. The summed E-state index contributed by atoms with van der Waals surface area (Å²) >= 11 is 11.8. The highest BCUT2D eigenvalue weighted by molar-refractivity contribution is 6.34. The van der Waals surface area contributed by atoms with Crippen molar-refractivity contribution in [2.45, 2.75) is 6.92 Å². The summed E-state index contributed by atoms with van der Waals surface area (Å²) in [4.78, 5) is 11.7. The van der Waals surface area contributed by atoms with Gasteiger partial charge in [0.1, 0.15) is 5.75 Å². The third-order valence-electron chi connectivity index (χ3n) is 2.80. The first-order valence-corrected chi connectivity index (χ1v) is 7.28. The Hall–Kier alpha value is -2.04. The molecule has 0 aliphatic heterocycles. The lowest BCUT2D eigenvalue weighted by atomic mass is 10.1. The number of hydrazone groups is 1. The summed E-state index contributed by atoms with van der Waals surface area (Å²) in [5.41, 5.74) is 3.81. The number of hydrogen-bond acceptors (Lipinski definition) is 3. The number of nitrogens with zero attached hydrogens (tertiary/aromatic N) is 1. The predicted molar refractivity (Wildman–Crippen MR) is 88.8 cm³/mol. The Morgan fingerprint density at radius 3 is 2.50 bits per heavy atom. The van der Waals surface area contributed by atoms with E-state index in [-0.39, 0.29) is 12.5 Å². The molecule has 0 aliphatic rings. The summed E-state index contributed by atoms with van der Waals surface area (Å²) in [7, 11) is 0. The molecule has 4 nitrogen and oxygen atoms in total. The summed E-state index contributed by atoms with van der Waals surface area (Å²) in [5, 5.41) is 5.20. The van der Waals surface area contributed by atoms with E-state index in [1.165, 1.54) is 0 Å². The van der Waals surface area contributed by atoms with E-state index in [4.69, 9.17) is 27.9 Å². The van der Waals surface area contributed by atoms with Crippen molar-refractivity contribution in [2.75, 3.05) is 6.61 Å². The maximum atomic E-state index is 11.7. The minimum absolute atomic E-state index is 0.138. The SMILES string of the molecule is C/C(=N\NC(=O)COc1ccc(Cl)cc1)c1ccccc1Cl. The van der Waals surface area contributed by atoms with Gasteiger partial charge >= 0.3 is 0 Å². The molecule has 0 aromatic heterocycles. The highest BCUT2D eigenvalue weighted by atomic mass is 35.5. The highest BCUT2D eigenvalue weighted by Crippen LogP contribution is 2.16. The minimum atomic E-state index is -0.360. The molecule has 0 spiro atoms. The molecule has 1 amide bonds. The normalized spacial score (nSPS) is 11.1. The van der Waals surface area contributed by atoms with Crippen LogP contribution in [-0.2, 0) is 4.79 Å². The molecule has 0 saturated carbocycles. The van der Waals surface area contributed by atoms with Crippen LogP contribution < -0.4 is 10.2 Å². The van der Waals surface area contributed by atoms with Crippen molar-refractivity contribution in [2.24, 2.45) is 5.10 Å². The Morgan fingerprint density at radius 1 is 1.14 bits per heavy atom. The summed E-state index contributed by atoms with van der Waals surface area (Å²) in [6, 6.07) is 14.0. The first-order valence-electron chi connectivity index (χ1n) is 6.52. The number of rotatable bonds is 5. The zero-order valence-corrected chi connectivity index (χ0v) is 13.4. The fourth-order valence-corrected chi connectivity index (χ4v) is 2.07. The van der Waals surface area contributed by atoms with Crippen LogP contribution in [0, 0.1) is 0 Å². The van der Waals surface area contributed by atoms with Crippen LogP contribution >= 0.6 is 23.2 Å². The Labute approximate surface area is 138 Å².